The summed E-state index contributed by atoms with van der Waals surface area (Å²) in [5.74, 6) is -0.0305. The number of aromatic nitrogens is 2. The molecule has 98 valence electrons. The van der Waals surface area contributed by atoms with Crippen molar-refractivity contribution >= 4 is 0 Å². The number of nitrogens with zero attached hydrogens (tertiary/aromatic N) is 3. The smallest absolute Gasteiger partial charge is 0.435 e. The maximum absolute atomic E-state index is 12.6. The zero-order chi connectivity index (χ0) is 14.0. The van der Waals surface area contributed by atoms with E-state index in [0.29, 0.717) is 11.3 Å². The summed E-state index contributed by atoms with van der Waals surface area (Å²) in [6.45, 7) is 0. The highest BCUT2D eigenvalue weighted by molar-refractivity contribution is 5.41. The number of hydrogen-bond donors (Lipinski definition) is 0. The van der Waals surface area contributed by atoms with Crippen molar-refractivity contribution in [1.82, 2.24) is 9.78 Å². The van der Waals surface area contributed by atoms with Crippen LogP contribution in [-0.2, 0) is 6.18 Å². The van der Waals surface area contributed by atoms with Crippen LogP contribution in [0.5, 0.6) is 5.88 Å². The van der Waals surface area contributed by atoms with E-state index in [1.165, 1.54) is 31.4 Å². The Kier molecular flexibility index (Phi) is 3.17. The van der Waals surface area contributed by atoms with Crippen molar-refractivity contribution in [2.75, 3.05) is 7.11 Å². The SMILES string of the molecule is COc1cc(C(F)(F)F)nn1-c1ccc(C#N)cc1. The van der Waals surface area contributed by atoms with Crippen molar-refractivity contribution in [3.05, 3.63) is 41.6 Å². The first kappa shape index (κ1) is 13.0. The van der Waals surface area contributed by atoms with E-state index in [-0.39, 0.29) is 5.88 Å². The Morgan fingerprint density at radius 1 is 1.26 bits per heavy atom. The number of halogens is 3. The number of alkyl halides is 3. The molecule has 0 aliphatic rings. The average Bonchev–Trinajstić information content (AvgIpc) is 2.83. The van der Waals surface area contributed by atoms with Crippen LogP contribution in [0.25, 0.3) is 5.69 Å². The van der Waals surface area contributed by atoms with Gasteiger partial charge in [0.25, 0.3) is 0 Å². The largest absolute Gasteiger partial charge is 0.481 e. The standard InChI is InChI=1S/C12H8F3N3O/c1-19-11-6-10(12(13,14)15)17-18(11)9-4-2-8(7-16)3-5-9/h2-6H,1H3. The third kappa shape index (κ3) is 2.52. The molecule has 19 heavy (non-hydrogen) atoms. The van der Waals surface area contributed by atoms with Crippen molar-refractivity contribution < 1.29 is 17.9 Å². The molecule has 0 fully saturated rings. The molecule has 1 heterocycles. The molecule has 0 bridgehead atoms. The molecule has 1 aromatic carbocycles. The predicted octanol–water partition coefficient (Wildman–Crippen LogP) is 2.77. The minimum atomic E-state index is -4.54. The van der Waals surface area contributed by atoms with E-state index < -0.39 is 11.9 Å². The first-order valence-electron chi connectivity index (χ1n) is 5.17. The van der Waals surface area contributed by atoms with Crippen LogP contribution in [0.1, 0.15) is 11.3 Å². The molecule has 0 saturated heterocycles. The monoisotopic (exact) mass is 267 g/mol. The third-order valence-corrected chi connectivity index (χ3v) is 2.42. The van der Waals surface area contributed by atoms with Crippen LogP contribution in [0.4, 0.5) is 13.2 Å². The minimum Gasteiger partial charge on any atom is -0.481 e. The molecule has 0 saturated carbocycles. The van der Waals surface area contributed by atoms with E-state index in [0.717, 1.165) is 10.7 Å². The average molecular weight is 267 g/mol. The van der Waals surface area contributed by atoms with Crippen molar-refractivity contribution in [3.8, 4) is 17.6 Å². The lowest BCUT2D eigenvalue weighted by atomic mass is 10.2. The Bertz CT molecular complexity index is 623. The molecule has 0 aliphatic carbocycles. The molecule has 0 aliphatic heterocycles. The molecule has 1 aromatic heterocycles. The first-order chi connectivity index (χ1) is 8.95. The number of ether oxygens (including phenoxy) is 1. The molecule has 0 amide bonds. The highest BCUT2D eigenvalue weighted by atomic mass is 19.4. The summed E-state index contributed by atoms with van der Waals surface area (Å²) in [5, 5.41) is 12.1. The van der Waals surface area contributed by atoms with Crippen LogP contribution in [0.15, 0.2) is 30.3 Å². The van der Waals surface area contributed by atoms with Crippen molar-refractivity contribution in [3.63, 3.8) is 0 Å². The van der Waals surface area contributed by atoms with Crippen LogP contribution < -0.4 is 4.74 Å². The quantitative estimate of drug-likeness (QED) is 0.840. The molecule has 0 unspecified atom stereocenters. The molecular formula is C12H8F3N3O. The number of benzene rings is 1. The fraction of sp³-hybridized carbons (Fsp3) is 0.167. The fourth-order valence-electron chi connectivity index (χ4n) is 1.51. The van der Waals surface area contributed by atoms with E-state index in [1.807, 2.05) is 6.07 Å². The lowest BCUT2D eigenvalue weighted by molar-refractivity contribution is -0.141. The van der Waals surface area contributed by atoms with Gasteiger partial charge in [-0.1, -0.05) is 0 Å². The Balaban J connectivity index is 2.49. The van der Waals surface area contributed by atoms with Gasteiger partial charge in [0.15, 0.2) is 5.69 Å². The fourth-order valence-corrected chi connectivity index (χ4v) is 1.51. The van der Waals surface area contributed by atoms with Crippen molar-refractivity contribution in [2.24, 2.45) is 0 Å². The van der Waals surface area contributed by atoms with Gasteiger partial charge < -0.3 is 4.74 Å². The van der Waals surface area contributed by atoms with Crippen LogP contribution in [0.2, 0.25) is 0 Å². The zero-order valence-corrected chi connectivity index (χ0v) is 9.77. The maximum Gasteiger partial charge on any atom is 0.435 e. The summed E-state index contributed by atoms with van der Waals surface area (Å²) >= 11 is 0. The molecule has 4 nitrogen and oxygen atoms in total. The van der Waals surface area contributed by atoms with Gasteiger partial charge in [-0.05, 0) is 24.3 Å². The van der Waals surface area contributed by atoms with Crippen LogP contribution in [0.3, 0.4) is 0 Å². The Hall–Kier alpha value is -2.49. The molecule has 0 radical (unpaired) electrons. The van der Waals surface area contributed by atoms with Gasteiger partial charge in [0, 0.05) is 6.07 Å². The van der Waals surface area contributed by atoms with Gasteiger partial charge in [0.2, 0.25) is 5.88 Å². The van der Waals surface area contributed by atoms with Gasteiger partial charge in [-0.2, -0.15) is 23.5 Å². The first-order valence-corrected chi connectivity index (χ1v) is 5.17. The normalized spacial score (nSPS) is 11.1. The lowest BCUT2D eigenvalue weighted by Crippen LogP contribution is -2.07. The van der Waals surface area contributed by atoms with Crippen molar-refractivity contribution in [2.45, 2.75) is 6.18 Å². The van der Waals surface area contributed by atoms with Crippen LogP contribution in [-0.4, -0.2) is 16.9 Å². The topological polar surface area (TPSA) is 50.8 Å². The highest BCUT2D eigenvalue weighted by Gasteiger charge is 2.35. The molecule has 7 heteroatoms. The van der Waals surface area contributed by atoms with Gasteiger partial charge in [0.05, 0.1) is 24.4 Å². The van der Waals surface area contributed by atoms with Crippen LogP contribution >= 0.6 is 0 Å². The summed E-state index contributed by atoms with van der Waals surface area (Å²) in [6.07, 6.45) is -4.54. The summed E-state index contributed by atoms with van der Waals surface area (Å²) < 4.78 is 43.6. The van der Waals surface area contributed by atoms with E-state index in [9.17, 15) is 13.2 Å². The van der Waals surface area contributed by atoms with Crippen LogP contribution in [0, 0.1) is 11.3 Å². The molecule has 2 rings (SSSR count). The van der Waals surface area contributed by atoms with Gasteiger partial charge >= 0.3 is 6.18 Å². The molecule has 0 spiro atoms. The molecular weight excluding hydrogens is 259 g/mol. The summed E-state index contributed by atoms with van der Waals surface area (Å²) in [5.41, 5.74) is -0.244. The second kappa shape index (κ2) is 4.65. The number of rotatable bonds is 2. The second-order valence-corrected chi connectivity index (χ2v) is 3.64. The van der Waals surface area contributed by atoms with Gasteiger partial charge in [-0.3, -0.25) is 0 Å². The van der Waals surface area contributed by atoms with Gasteiger partial charge in [0.1, 0.15) is 0 Å². The van der Waals surface area contributed by atoms with Crippen molar-refractivity contribution in [1.29, 1.82) is 5.26 Å². The van der Waals surface area contributed by atoms with E-state index in [4.69, 9.17) is 10.00 Å². The maximum atomic E-state index is 12.6. The predicted molar refractivity (Wildman–Crippen MR) is 59.8 cm³/mol. The zero-order valence-electron chi connectivity index (χ0n) is 9.77. The van der Waals surface area contributed by atoms with E-state index in [2.05, 4.69) is 5.10 Å². The van der Waals surface area contributed by atoms with E-state index >= 15 is 0 Å². The van der Waals surface area contributed by atoms with E-state index in [1.54, 1.807) is 0 Å². The summed E-state index contributed by atoms with van der Waals surface area (Å²) in [7, 11) is 1.26. The number of hydrogen-bond acceptors (Lipinski definition) is 3. The molecule has 0 N–H and O–H groups in total. The Morgan fingerprint density at radius 2 is 1.89 bits per heavy atom. The Morgan fingerprint density at radius 3 is 2.37 bits per heavy atom. The lowest BCUT2D eigenvalue weighted by Gasteiger charge is -2.05. The summed E-state index contributed by atoms with van der Waals surface area (Å²) in [6, 6.07) is 8.71. The summed E-state index contributed by atoms with van der Waals surface area (Å²) in [4.78, 5) is 0. The minimum absolute atomic E-state index is 0.0305. The molecule has 0 atom stereocenters. The third-order valence-electron chi connectivity index (χ3n) is 2.42. The molecule has 2 aromatic rings. The number of nitriles is 1. The second-order valence-electron chi connectivity index (χ2n) is 3.64. The van der Waals surface area contributed by atoms with Gasteiger partial charge in [-0.25, -0.2) is 4.68 Å². The number of methoxy groups -OCH3 is 1. The van der Waals surface area contributed by atoms with Gasteiger partial charge in [-0.15, -0.1) is 0 Å². The highest BCUT2D eigenvalue weighted by Crippen LogP contribution is 2.31. The Labute approximate surface area is 106 Å².